The number of hydrogen-bond donors (Lipinski definition) is 2. The van der Waals surface area contributed by atoms with Gasteiger partial charge >= 0.3 is 6.03 Å². The molecule has 2 aliphatic rings. The SMILES string of the molecule is CC1CCN(C(=O)NCC2CCNCC2C)CC1. The molecule has 2 rings (SSSR count). The molecule has 2 fully saturated rings. The molecule has 0 bridgehead atoms. The molecular formula is C14H27N3O. The Balaban J connectivity index is 1.70. The van der Waals surface area contributed by atoms with Gasteiger partial charge in [-0.1, -0.05) is 13.8 Å². The lowest BCUT2D eigenvalue weighted by molar-refractivity contribution is 0.168. The van der Waals surface area contributed by atoms with Crippen molar-refractivity contribution in [3.8, 4) is 0 Å². The largest absolute Gasteiger partial charge is 0.338 e. The summed E-state index contributed by atoms with van der Waals surface area (Å²) in [5, 5.41) is 6.52. The molecule has 0 aromatic carbocycles. The van der Waals surface area contributed by atoms with E-state index in [1.54, 1.807) is 0 Å². The van der Waals surface area contributed by atoms with Crippen molar-refractivity contribution in [3.63, 3.8) is 0 Å². The zero-order valence-corrected chi connectivity index (χ0v) is 11.7. The molecule has 2 N–H and O–H groups in total. The zero-order valence-electron chi connectivity index (χ0n) is 11.7. The number of rotatable bonds is 2. The number of carbonyl (C=O) groups excluding carboxylic acids is 1. The normalized spacial score (nSPS) is 30.2. The van der Waals surface area contributed by atoms with Crippen LogP contribution < -0.4 is 10.6 Å². The van der Waals surface area contributed by atoms with E-state index in [1.807, 2.05) is 4.90 Å². The Morgan fingerprint density at radius 1 is 1.28 bits per heavy atom. The standard InChI is InChI=1S/C14H27N3O/c1-11-4-7-17(8-5-11)14(18)16-10-13-3-6-15-9-12(13)2/h11-13,15H,3-10H2,1-2H3,(H,16,18). The Bertz CT molecular complexity index is 274. The first-order valence-corrected chi connectivity index (χ1v) is 7.40. The lowest BCUT2D eigenvalue weighted by atomic mass is 9.88. The number of likely N-dealkylation sites (tertiary alicyclic amines) is 1. The van der Waals surface area contributed by atoms with Crippen molar-refractivity contribution >= 4 is 6.03 Å². The highest BCUT2D eigenvalue weighted by Crippen LogP contribution is 2.18. The van der Waals surface area contributed by atoms with Gasteiger partial charge in [0.1, 0.15) is 0 Å². The van der Waals surface area contributed by atoms with Crippen LogP contribution in [0.5, 0.6) is 0 Å². The molecule has 4 nitrogen and oxygen atoms in total. The number of piperidine rings is 2. The zero-order chi connectivity index (χ0) is 13.0. The minimum atomic E-state index is 0.146. The van der Waals surface area contributed by atoms with E-state index in [2.05, 4.69) is 24.5 Å². The van der Waals surface area contributed by atoms with Gasteiger partial charge in [-0.15, -0.1) is 0 Å². The summed E-state index contributed by atoms with van der Waals surface area (Å²) in [5.74, 6) is 2.08. The summed E-state index contributed by atoms with van der Waals surface area (Å²) >= 11 is 0. The van der Waals surface area contributed by atoms with Crippen LogP contribution in [-0.4, -0.2) is 43.7 Å². The third-order valence-corrected chi connectivity index (χ3v) is 4.55. The van der Waals surface area contributed by atoms with Crippen molar-refractivity contribution in [2.45, 2.75) is 33.1 Å². The van der Waals surface area contributed by atoms with Gasteiger partial charge in [-0.2, -0.15) is 0 Å². The Kier molecular flexibility index (Phi) is 4.87. The van der Waals surface area contributed by atoms with Crippen LogP contribution in [0.25, 0.3) is 0 Å². The third-order valence-electron chi connectivity index (χ3n) is 4.55. The summed E-state index contributed by atoms with van der Waals surface area (Å²) in [4.78, 5) is 14.0. The number of carbonyl (C=O) groups is 1. The van der Waals surface area contributed by atoms with E-state index in [0.29, 0.717) is 11.8 Å². The van der Waals surface area contributed by atoms with Gasteiger partial charge in [-0.3, -0.25) is 0 Å². The van der Waals surface area contributed by atoms with Crippen LogP contribution in [0.1, 0.15) is 33.1 Å². The van der Waals surface area contributed by atoms with E-state index < -0.39 is 0 Å². The van der Waals surface area contributed by atoms with Crippen LogP contribution in [0.2, 0.25) is 0 Å². The number of urea groups is 1. The maximum atomic E-state index is 12.1. The van der Waals surface area contributed by atoms with Crippen molar-refractivity contribution < 1.29 is 4.79 Å². The predicted octanol–water partition coefficient (Wildman–Crippen LogP) is 1.67. The maximum absolute atomic E-state index is 12.1. The van der Waals surface area contributed by atoms with Crippen LogP contribution >= 0.6 is 0 Å². The Morgan fingerprint density at radius 2 is 2.00 bits per heavy atom. The Morgan fingerprint density at radius 3 is 2.67 bits per heavy atom. The molecule has 104 valence electrons. The summed E-state index contributed by atoms with van der Waals surface area (Å²) < 4.78 is 0. The van der Waals surface area contributed by atoms with Gasteiger partial charge in [0.2, 0.25) is 0 Å². The average Bonchev–Trinajstić information content (AvgIpc) is 2.38. The van der Waals surface area contributed by atoms with Crippen LogP contribution in [0.3, 0.4) is 0 Å². The second-order valence-corrected chi connectivity index (χ2v) is 6.09. The smallest absolute Gasteiger partial charge is 0.317 e. The number of amides is 2. The second kappa shape index (κ2) is 6.41. The van der Waals surface area contributed by atoms with E-state index in [0.717, 1.165) is 51.5 Å². The molecule has 2 aliphatic heterocycles. The van der Waals surface area contributed by atoms with Crippen molar-refractivity contribution in [2.75, 3.05) is 32.7 Å². The molecule has 0 aromatic rings. The summed E-state index contributed by atoms with van der Waals surface area (Å²) in [7, 11) is 0. The van der Waals surface area contributed by atoms with Crippen LogP contribution in [0.4, 0.5) is 4.79 Å². The molecule has 2 amide bonds. The first kappa shape index (κ1) is 13.7. The van der Waals surface area contributed by atoms with Gasteiger partial charge in [0, 0.05) is 19.6 Å². The minimum absolute atomic E-state index is 0.146. The minimum Gasteiger partial charge on any atom is -0.338 e. The molecule has 2 heterocycles. The van der Waals surface area contributed by atoms with Gasteiger partial charge in [0.05, 0.1) is 0 Å². The quantitative estimate of drug-likeness (QED) is 0.786. The van der Waals surface area contributed by atoms with Gasteiger partial charge < -0.3 is 15.5 Å². The molecular weight excluding hydrogens is 226 g/mol. The molecule has 0 radical (unpaired) electrons. The van der Waals surface area contributed by atoms with E-state index in [-0.39, 0.29) is 6.03 Å². The van der Waals surface area contributed by atoms with Crippen LogP contribution in [0.15, 0.2) is 0 Å². The first-order valence-electron chi connectivity index (χ1n) is 7.40. The molecule has 0 aromatic heterocycles. The maximum Gasteiger partial charge on any atom is 0.317 e. The first-order chi connectivity index (χ1) is 8.66. The number of nitrogens with zero attached hydrogens (tertiary/aromatic N) is 1. The number of hydrogen-bond acceptors (Lipinski definition) is 2. The van der Waals surface area contributed by atoms with Gasteiger partial charge in [0.15, 0.2) is 0 Å². The fourth-order valence-corrected chi connectivity index (χ4v) is 2.91. The summed E-state index contributed by atoms with van der Waals surface area (Å²) in [5.41, 5.74) is 0. The highest BCUT2D eigenvalue weighted by Gasteiger charge is 2.24. The summed E-state index contributed by atoms with van der Waals surface area (Å²) in [6.45, 7) is 9.41. The molecule has 0 aliphatic carbocycles. The highest BCUT2D eigenvalue weighted by atomic mass is 16.2. The number of nitrogens with one attached hydrogen (secondary N) is 2. The van der Waals surface area contributed by atoms with E-state index >= 15 is 0 Å². The molecule has 18 heavy (non-hydrogen) atoms. The molecule has 2 unspecified atom stereocenters. The van der Waals surface area contributed by atoms with Crippen molar-refractivity contribution in [1.82, 2.24) is 15.5 Å². The lowest BCUT2D eigenvalue weighted by Crippen LogP contribution is -2.47. The fourth-order valence-electron chi connectivity index (χ4n) is 2.91. The van der Waals surface area contributed by atoms with E-state index in [9.17, 15) is 4.79 Å². The Hall–Kier alpha value is -0.770. The van der Waals surface area contributed by atoms with Crippen LogP contribution in [0, 0.1) is 17.8 Å². The Labute approximate surface area is 110 Å². The monoisotopic (exact) mass is 253 g/mol. The van der Waals surface area contributed by atoms with Crippen molar-refractivity contribution in [3.05, 3.63) is 0 Å². The van der Waals surface area contributed by atoms with E-state index in [1.165, 1.54) is 6.42 Å². The van der Waals surface area contributed by atoms with Crippen LogP contribution in [-0.2, 0) is 0 Å². The van der Waals surface area contributed by atoms with Crippen molar-refractivity contribution in [2.24, 2.45) is 17.8 Å². The van der Waals surface area contributed by atoms with Gasteiger partial charge in [-0.05, 0) is 50.1 Å². The molecule has 2 saturated heterocycles. The van der Waals surface area contributed by atoms with E-state index in [4.69, 9.17) is 0 Å². The molecule has 0 saturated carbocycles. The predicted molar refractivity (Wildman–Crippen MR) is 73.5 cm³/mol. The van der Waals surface area contributed by atoms with Gasteiger partial charge in [0.25, 0.3) is 0 Å². The molecule has 0 spiro atoms. The average molecular weight is 253 g/mol. The third kappa shape index (κ3) is 3.61. The lowest BCUT2D eigenvalue weighted by Gasteiger charge is -2.33. The topological polar surface area (TPSA) is 44.4 Å². The highest BCUT2D eigenvalue weighted by molar-refractivity contribution is 5.74. The molecule has 2 atom stereocenters. The second-order valence-electron chi connectivity index (χ2n) is 6.09. The molecule has 4 heteroatoms. The summed E-state index contributed by atoms with van der Waals surface area (Å²) in [6.07, 6.45) is 3.48. The van der Waals surface area contributed by atoms with Crippen molar-refractivity contribution in [1.29, 1.82) is 0 Å². The van der Waals surface area contributed by atoms with Gasteiger partial charge in [-0.25, -0.2) is 4.79 Å². The fraction of sp³-hybridized carbons (Fsp3) is 0.929. The summed E-state index contributed by atoms with van der Waals surface area (Å²) in [6, 6.07) is 0.146.